The number of likely N-dealkylation sites (tertiary alicyclic amines) is 1. The zero-order valence-corrected chi connectivity index (χ0v) is 14.3. The average molecular weight is 338 g/mol. The molecule has 1 amide bonds. The van der Waals surface area contributed by atoms with Crippen LogP contribution in [-0.4, -0.2) is 41.6 Å². The fraction of sp³-hybridized carbons (Fsp3) is 0.400. The van der Waals surface area contributed by atoms with Crippen LogP contribution in [0.3, 0.4) is 0 Å². The Balaban J connectivity index is 1.48. The van der Waals surface area contributed by atoms with Gasteiger partial charge in [-0.25, -0.2) is 0 Å². The molecule has 1 aliphatic carbocycles. The maximum Gasteiger partial charge on any atom is 0.273 e. The van der Waals surface area contributed by atoms with Gasteiger partial charge in [-0.15, -0.1) is 0 Å². The number of aromatic nitrogens is 1. The van der Waals surface area contributed by atoms with E-state index in [0.717, 1.165) is 24.3 Å². The summed E-state index contributed by atoms with van der Waals surface area (Å²) < 4.78 is 11.2. The van der Waals surface area contributed by atoms with Crippen LogP contribution >= 0.6 is 0 Å². The van der Waals surface area contributed by atoms with Gasteiger partial charge in [0.25, 0.3) is 5.91 Å². The summed E-state index contributed by atoms with van der Waals surface area (Å²) >= 11 is 0. The first-order chi connectivity index (χ1) is 12.3. The lowest BCUT2D eigenvalue weighted by Crippen LogP contribution is -2.48. The van der Waals surface area contributed by atoms with Crippen LogP contribution in [0, 0.1) is 5.92 Å². The van der Waals surface area contributed by atoms with Crippen LogP contribution in [0.1, 0.15) is 29.8 Å². The minimum atomic E-state index is 0.0242. The number of ether oxygens (including phenoxy) is 2. The summed E-state index contributed by atoms with van der Waals surface area (Å²) in [6, 6.07) is 13.5. The Labute approximate surface area is 147 Å². The monoisotopic (exact) mass is 338 g/mol. The molecule has 2 bridgehead atoms. The van der Waals surface area contributed by atoms with Gasteiger partial charge in [0, 0.05) is 12.2 Å². The summed E-state index contributed by atoms with van der Waals surface area (Å²) in [6.45, 7) is 0.520. The molecule has 2 aliphatic rings. The largest absolute Gasteiger partial charge is 0.497 e. The molecule has 1 aromatic heterocycles. The highest BCUT2D eigenvalue weighted by Crippen LogP contribution is 2.43. The number of amides is 1. The third-order valence-electron chi connectivity index (χ3n) is 5.34. The van der Waals surface area contributed by atoms with Crippen LogP contribution in [0.25, 0.3) is 0 Å². The van der Waals surface area contributed by atoms with Gasteiger partial charge >= 0.3 is 0 Å². The van der Waals surface area contributed by atoms with Gasteiger partial charge in [-0.2, -0.15) is 0 Å². The first kappa shape index (κ1) is 15.9. The number of carbonyl (C=O) groups is 1. The van der Waals surface area contributed by atoms with E-state index in [1.165, 1.54) is 6.42 Å². The summed E-state index contributed by atoms with van der Waals surface area (Å²) in [7, 11) is 1.65. The molecule has 2 aromatic rings. The molecule has 1 aromatic carbocycles. The van der Waals surface area contributed by atoms with E-state index in [1.807, 2.05) is 41.3 Å². The van der Waals surface area contributed by atoms with Crippen molar-refractivity contribution >= 4 is 5.91 Å². The minimum absolute atomic E-state index is 0.0242. The van der Waals surface area contributed by atoms with Crippen molar-refractivity contribution < 1.29 is 14.3 Å². The van der Waals surface area contributed by atoms with E-state index in [-0.39, 0.29) is 11.9 Å². The van der Waals surface area contributed by atoms with Crippen LogP contribution in [0.2, 0.25) is 0 Å². The Morgan fingerprint density at radius 2 is 1.96 bits per heavy atom. The van der Waals surface area contributed by atoms with Crippen molar-refractivity contribution in [3.63, 3.8) is 0 Å². The molecule has 0 unspecified atom stereocenters. The molecule has 0 N–H and O–H groups in total. The maximum absolute atomic E-state index is 12.9. The van der Waals surface area contributed by atoms with Crippen molar-refractivity contribution in [2.75, 3.05) is 13.7 Å². The number of carbonyl (C=O) groups excluding carboxylic acids is 1. The minimum Gasteiger partial charge on any atom is -0.497 e. The first-order valence-corrected chi connectivity index (χ1v) is 8.77. The highest BCUT2D eigenvalue weighted by Gasteiger charge is 2.48. The van der Waals surface area contributed by atoms with Gasteiger partial charge in [-0.05, 0) is 61.6 Å². The summed E-state index contributed by atoms with van der Waals surface area (Å²) in [6.07, 6.45) is 5.01. The summed E-state index contributed by atoms with van der Waals surface area (Å²) in [4.78, 5) is 19.2. The second kappa shape index (κ2) is 6.75. The van der Waals surface area contributed by atoms with E-state index in [1.54, 1.807) is 19.4 Å². The standard InChI is InChI=1S/C20H22N2O3/c1-24-16-7-9-17(10-8-16)25-13-19-14-5-6-15(12-14)22(19)20(23)18-4-2-3-11-21-18/h2-4,7-11,14-15,19H,5-6,12-13H2,1H3/t14-,15-,19+/m1/s1. The zero-order valence-electron chi connectivity index (χ0n) is 14.3. The molecule has 0 spiro atoms. The second-order valence-corrected chi connectivity index (χ2v) is 6.71. The van der Waals surface area contributed by atoms with Crippen LogP contribution < -0.4 is 9.47 Å². The molecule has 5 heteroatoms. The van der Waals surface area contributed by atoms with Gasteiger partial charge in [-0.1, -0.05) is 6.07 Å². The Bertz CT molecular complexity index is 732. The van der Waals surface area contributed by atoms with Crippen LogP contribution in [0.5, 0.6) is 11.5 Å². The van der Waals surface area contributed by atoms with Gasteiger partial charge in [0.2, 0.25) is 0 Å². The Morgan fingerprint density at radius 3 is 2.68 bits per heavy atom. The number of methoxy groups -OCH3 is 1. The summed E-state index contributed by atoms with van der Waals surface area (Å²) in [5, 5.41) is 0. The Hall–Kier alpha value is -2.56. The molecule has 1 saturated heterocycles. The molecule has 3 atom stereocenters. The van der Waals surface area contributed by atoms with Crippen molar-refractivity contribution in [1.29, 1.82) is 0 Å². The summed E-state index contributed by atoms with van der Waals surface area (Å²) in [5.41, 5.74) is 0.518. The van der Waals surface area contributed by atoms with Crippen molar-refractivity contribution in [3.8, 4) is 11.5 Å². The number of hydrogen-bond acceptors (Lipinski definition) is 4. The molecular formula is C20H22N2O3. The van der Waals surface area contributed by atoms with Gasteiger partial charge in [0.05, 0.1) is 13.2 Å². The number of hydrogen-bond donors (Lipinski definition) is 0. The fourth-order valence-corrected chi connectivity index (χ4v) is 4.10. The lowest BCUT2D eigenvalue weighted by Gasteiger charge is -2.35. The Morgan fingerprint density at radius 1 is 1.16 bits per heavy atom. The van der Waals surface area contributed by atoms with Crippen LogP contribution in [-0.2, 0) is 0 Å². The van der Waals surface area contributed by atoms with Crippen LogP contribution in [0.4, 0.5) is 0 Å². The highest BCUT2D eigenvalue weighted by molar-refractivity contribution is 5.93. The van der Waals surface area contributed by atoms with E-state index in [4.69, 9.17) is 9.47 Å². The number of pyridine rings is 1. The van der Waals surface area contributed by atoms with E-state index in [2.05, 4.69) is 4.98 Å². The number of fused-ring (bicyclic) bond motifs is 2. The van der Waals surface area contributed by atoms with Gasteiger partial charge in [0.15, 0.2) is 0 Å². The maximum atomic E-state index is 12.9. The highest BCUT2D eigenvalue weighted by atomic mass is 16.5. The molecule has 2 heterocycles. The number of nitrogens with zero attached hydrogens (tertiary/aromatic N) is 2. The van der Waals surface area contributed by atoms with Gasteiger partial charge in [0.1, 0.15) is 23.8 Å². The predicted molar refractivity (Wildman–Crippen MR) is 93.8 cm³/mol. The van der Waals surface area contributed by atoms with Crippen molar-refractivity contribution in [2.24, 2.45) is 5.92 Å². The van der Waals surface area contributed by atoms with E-state index < -0.39 is 0 Å². The van der Waals surface area contributed by atoms with Crippen molar-refractivity contribution in [3.05, 3.63) is 54.4 Å². The quantitative estimate of drug-likeness (QED) is 0.840. The molecule has 5 nitrogen and oxygen atoms in total. The first-order valence-electron chi connectivity index (χ1n) is 8.77. The third-order valence-corrected chi connectivity index (χ3v) is 5.34. The SMILES string of the molecule is COc1ccc(OC[C@H]2[C@@H]3CC[C@H](C3)N2C(=O)c2ccccn2)cc1. The smallest absolute Gasteiger partial charge is 0.273 e. The molecule has 4 rings (SSSR count). The fourth-order valence-electron chi connectivity index (χ4n) is 4.10. The van der Waals surface area contributed by atoms with Crippen molar-refractivity contribution in [1.82, 2.24) is 9.88 Å². The lowest BCUT2D eigenvalue weighted by molar-refractivity contribution is 0.0500. The molecule has 2 fully saturated rings. The van der Waals surface area contributed by atoms with Crippen LogP contribution in [0.15, 0.2) is 48.7 Å². The number of rotatable bonds is 5. The number of piperidine rings is 1. The van der Waals surface area contributed by atoms with E-state index >= 15 is 0 Å². The Kier molecular flexibility index (Phi) is 4.30. The van der Waals surface area contributed by atoms with Gasteiger partial charge in [-0.3, -0.25) is 9.78 Å². The normalized spacial score (nSPS) is 24.4. The third kappa shape index (κ3) is 3.06. The van der Waals surface area contributed by atoms with E-state index in [9.17, 15) is 4.79 Å². The molecular weight excluding hydrogens is 316 g/mol. The predicted octanol–water partition coefficient (Wildman–Crippen LogP) is 3.16. The summed E-state index contributed by atoms with van der Waals surface area (Å²) in [5.74, 6) is 2.15. The number of benzene rings is 1. The molecule has 1 aliphatic heterocycles. The van der Waals surface area contributed by atoms with Crippen molar-refractivity contribution in [2.45, 2.75) is 31.3 Å². The lowest BCUT2D eigenvalue weighted by atomic mass is 9.99. The molecule has 25 heavy (non-hydrogen) atoms. The molecule has 130 valence electrons. The van der Waals surface area contributed by atoms with Gasteiger partial charge < -0.3 is 14.4 Å². The molecule has 0 radical (unpaired) electrons. The zero-order chi connectivity index (χ0) is 17.2. The average Bonchev–Trinajstić information content (AvgIpc) is 3.28. The second-order valence-electron chi connectivity index (χ2n) is 6.71. The topological polar surface area (TPSA) is 51.7 Å². The molecule has 1 saturated carbocycles. The van der Waals surface area contributed by atoms with E-state index in [0.29, 0.717) is 24.3 Å².